The van der Waals surface area contributed by atoms with Crippen LogP contribution in [0.1, 0.15) is 0 Å². The number of fused-ring (bicyclic) bond motifs is 1. The fraction of sp³-hybridized carbons (Fsp3) is 0. The van der Waals surface area contributed by atoms with Gasteiger partial charge in [-0.05, 0) is 29.0 Å². The fourth-order valence-electron chi connectivity index (χ4n) is 1.69. The summed E-state index contributed by atoms with van der Waals surface area (Å²) in [7, 11) is -9.09. The summed E-state index contributed by atoms with van der Waals surface area (Å²) in [5.41, 5.74) is -0.389. The number of nitrogens with zero attached hydrogens (tertiary/aromatic N) is 2. The van der Waals surface area contributed by atoms with Gasteiger partial charge in [-0.15, -0.1) is 0 Å². The standard InChI is InChI=1S/C10H6N2O6S2.ClH/c11-12-9-4-6-1-2-8(19(13,14)15)3-7(6)5-10(9)20(16,17)18;/h1-5H,(H-,13,14,15,16,17,18);1H. The van der Waals surface area contributed by atoms with Crippen molar-refractivity contribution >= 4 is 36.7 Å². The molecule has 0 atom stereocenters. The molecule has 21 heavy (non-hydrogen) atoms. The maximum Gasteiger partial charge on any atom is 0.406 e. The van der Waals surface area contributed by atoms with Crippen molar-refractivity contribution in [2.24, 2.45) is 0 Å². The summed E-state index contributed by atoms with van der Waals surface area (Å²) in [6.45, 7) is 0. The Hall–Kier alpha value is -1.77. The minimum absolute atomic E-state index is 0. The van der Waals surface area contributed by atoms with E-state index in [1.165, 1.54) is 6.07 Å². The molecule has 11 heteroatoms. The van der Waals surface area contributed by atoms with Crippen LogP contribution in [-0.4, -0.2) is 25.9 Å². The van der Waals surface area contributed by atoms with Crippen LogP contribution in [-0.2, 0) is 20.2 Å². The molecule has 112 valence electrons. The summed E-state index contributed by atoms with van der Waals surface area (Å²) in [5.74, 6) is 0. The van der Waals surface area contributed by atoms with Gasteiger partial charge in [0.25, 0.3) is 10.1 Å². The summed E-state index contributed by atoms with van der Waals surface area (Å²) in [6.07, 6.45) is 0. The molecule has 0 heterocycles. The molecule has 0 aliphatic carbocycles. The Morgan fingerprint density at radius 3 is 2.00 bits per heavy atom. The topological polar surface area (TPSA) is 137 Å². The second-order valence-electron chi connectivity index (χ2n) is 3.88. The second kappa shape index (κ2) is 5.55. The zero-order chi connectivity index (χ0) is 15.1. The molecule has 2 aromatic carbocycles. The molecule has 2 aromatic rings. The summed E-state index contributed by atoms with van der Waals surface area (Å²) in [4.78, 5) is 1.64. The van der Waals surface area contributed by atoms with Gasteiger partial charge in [-0.3, -0.25) is 9.11 Å². The normalized spacial score (nSPS) is 11.7. The minimum Gasteiger partial charge on any atom is -1.00 e. The summed E-state index contributed by atoms with van der Waals surface area (Å²) in [5, 5.41) is 9.22. The molecule has 8 nitrogen and oxygen atoms in total. The van der Waals surface area contributed by atoms with Gasteiger partial charge in [0, 0.05) is 6.07 Å². The van der Waals surface area contributed by atoms with Crippen LogP contribution in [0.15, 0.2) is 40.1 Å². The Morgan fingerprint density at radius 2 is 1.52 bits per heavy atom. The van der Waals surface area contributed by atoms with Crippen molar-refractivity contribution in [3.8, 4) is 0 Å². The van der Waals surface area contributed by atoms with E-state index in [4.69, 9.17) is 14.5 Å². The quantitative estimate of drug-likeness (QED) is 0.513. The van der Waals surface area contributed by atoms with Gasteiger partial charge in [-0.2, -0.15) is 16.8 Å². The minimum atomic E-state index is -4.65. The molecule has 0 radical (unpaired) electrons. The van der Waals surface area contributed by atoms with Crippen molar-refractivity contribution in [1.82, 2.24) is 0 Å². The fourth-order valence-corrected chi connectivity index (χ4v) is 2.84. The molecule has 0 unspecified atom stereocenters. The molecule has 0 fully saturated rings. The summed E-state index contributed by atoms with van der Waals surface area (Å²) >= 11 is 0. The first-order chi connectivity index (χ1) is 9.13. The molecule has 0 aliphatic rings. The van der Waals surface area contributed by atoms with Crippen LogP contribution in [0.4, 0.5) is 5.69 Å². The van der Waals surface area contributed by atoms with Crippen molar-refractivity contribution < 1.29 is 38.3 Å². The molecular weight excluding hydrogens is 344 g/mol. The van der Waals surface area contributed by atoms with Gasteiger partial charge in [0.2, 0.25) is 5.39 Å². The van der Waals surface area contributed by atoms with Gasteiger partial charge < -0.3 is 12.4 Å². The molecule has 0 bridgehead atoms. The molecule has 0 amide bonds. The monoisotopic (exact) mass is 350 g/mol. The Kier molecular flexibility index (Phi) is 4.57. The predicted molar refractivity (Wildman–Crippen MR) is 68.3 cm³/mol. The lowest BCUT2D eigenvalue weighted by atomic mass is 10.1. The van der Waals surface area contributed by atoms with E-state index in [0.717, 1.165) is 24.3 Å². The maximum atomic E-state index is 11.2. The molecule has 2 N–H and O–H groups in total. The van der Waals surface area contributed by atoms with Crippen LogP contribution in [0.25, 0.3) is 15.7 Å². The van der Waals surface area contributed by atoms with Crippen LogP contribution < -0.4 is 12.4 Å². The highest BCUT2D eigenvalue weighted by Crippen LogP contribution is 2.31. The lowest BCUT2D eigenvalue weighted by Crippen LogP contribution is -3.00. The van der Waals surface area contributed by atoms with Gasteiger partial charge in [0.05, 0.1) is 4.90 Å². The largest absolute Gasteiger partial charge is 1.00 e. The third kappa shape index (κ3) is 3.46. The van der Waals surface area contributed by atoms with E-state index < -0.39 is 30.0 Å². The van der Waals surface area contributed by atoms with Gasteiger partial charge in [-0.1, -0.05) is 6.07 Å². The molecule has 0 aliphatic heterocycles. The van der Waals surface area contributed by atoms with E-state index in [2.05, 4.69) is 4.98 Å². The van der Waals surface area contributed by atoms with Crippen LogP contribution in [0.2, 0.25) is 0 Å². The number of diazo groups is 1. The molecule has 0 saturated heterocycles. The van der Waals surface area contributed by atoms with E-state index >= 15 is 0 Å². The Bertz CT molecular complexity index is 963. The number of hydrogen-bond donors (Lipinski definition) is 2. The summed E-state index contributed by atoms with van der Waals surface area (Å²) < 4.78 is 62.3. The highest BCUT2D eigenvalue weighted by Gasteiger charge is 2.25. The van der Waals surface area contributed by atoms with Gasteiger partial charge in [0.15, 0.2) is 9.87 Å². The smallest absolute Gasteiger partial charge is 0.406 e. The van der Waals surface area contributed by atoms with Gasteiger partial charge in [0.1, 0.15) is 0 Å². The first kappa shape index (κ1) is 17.3. The zero-order valence-corrected chi connectivity index (χ0v) is 12.4. The van der Waals surface area contributed by atoms with Crippen LogP contribution in [0.3, 0.4) is 0 Å². The van der Waals surface area contributed by atoms with E-state index in [1.54, 1.807) is 0 Å². The molecule has 0 aromatic heterocycles. The van der Waals surface area contributed by atoms with Gasteiger partial charge in [-0.25, -0.2) is 0 Å². The molecule has 2 rings (SSSR count). The highest BCUT2D eigenvalue weighted by atomic mass is 35.5. The first-order valence-corrected chi connectivity index (χ1v) is 7.89. The zero-order valence-electron chi connectivity index (χ0n) is 10.0. The average Bonchev–Trinajstić information content (AvgIpc) is 2.34. The lowest BCUT2D eigenvalue weighted by Gasteiger charge is -2.01. The summed E-state index contributed by atoms with van der Waals surface area (Å²) in [6, 6.07) is 5.51. The molecule has 0 saturated carbocycles. The van der Waals surface area contributed by atoms with E-state index in [9.17, 15) is 16.8 Å². The number of hydrogen-bond acceptors (Lipinski definition) is 5. The first-order valence-electron chi connectivity index (χ1n) is 5.01. The Morgan fingerprint density at radius 1 is 0.905 bits per heavy atom. The Labute approximate surface area is 125 Å². The molecular formula is C10H7ClN2O6S2. The van der Waals surface area contributed by atoms with Gasteiger partial charge >= 0.3 is 15.8 Å². The van der Waals surface area contributed by atoms with Crippen molar-refractivity contribution in [2.75, 3.05) is 0 Å². The Balaban J connectivity index is 0.00000220. The number of benzene rings is 2. The van der Waals surface area contributed by atoms with Crippen molar-refractivity contribution in [3.05, 3.63) is 35.3 Å². The van der Waals surface area contributed by atoms with Crippen LogP contribution in [0.5, 0.6) is 0 Å². The third-order valence-electron chi connectivity index (χ3n) is 2.57. The third-order valence-corrected chi connectivity index (χ3v) is 4.31. The lowest BCUT2D eigenvalue weighted by molar-refractivity contribution is -0.0000125. The molecule has 0 spiro atoms. The predicted octanol–water partition coefficient (Wildman–Crippen LogP) is -1.18. The van der Waals surface area contributed by atoms with E-state index in [1.807, 2.05) is 0 Å². The number of halogens is 1. The SMILES string of the molecule is N#[N+]c1cc2ccc(S(=O)(=O)O)cc2cc1S(=O)(=O)O.[Cl-]. The number of rotatable bonds is 2. The average molecular weight is 351 g/mol. The van der Waals surface area contributed by atoms with E-state index in [-0.39, 0.29) is 23.5 Å². The highest BCUT2D eigenvalue weighted by molar-refractivity contribution is 7.86. The van der Waals surface area contributed by atoms with E-state index in [0.29, 0.717) is 5.39 Å². The van der Waals surface area contributed by atoms with Crippen LogP contribution >= 0.6 is 0 Å². The van der Waals surface area contributed by atoms with Crippen molar-refractivity contribution in [1.29, 1.82) is 5.39 Å². The van der Waals surface area contributed by atoms with Crippen LogP contribution in [0, 0.1) is 5.39 Å². The second-order valence-corrected chi connectivity index (χ2v) is 6.69. The van der Waals surface area contributed by atoms with Crippen molar-refractivity contribution in [2.45, 2.75) is 9.79 Å². The van der Waals surface area contributed by atoms with Crippen molar-refractivity contribution in [3.63, 3.8) is 0 Å². The maximum absolute atomic E-state index is 11.2.